The van der Waals surface area contributed by atoms with E-state index >= 15 is 0 Å². The minimum Gasteiger partial charge on any atom is -0.422 e. The molecule has 8 nitrogen and oxygen atoms in total. The molecular weight excluding hydrogens is 326 g/mol. The predicted octanol–water partition coefficient (Wildman–Crippen LogP) is 1.94. The standard InChI is InChI=1S/C17H9N3O5/c21-15(12-8-18-5-6-19-12)20-11-7-10-14(25-17(11)23)9-3-1-2-4-13(9)24-16(10)22/h1-8H,(H,20,21). The summed E-state index contributed by atoms with van der Waals surface area (Å²) in [5, 5.41) is 2.90. The quantitative estimate of drug-likeness (QED) is 0.439. The number of carbonyl (C=O) groups excluding carboxylic acids is 1. The molecule has 3 heterocycles. The average Bonchev–Trinajstić information content (AvgIpc) is 2.63. The number of para-hydroxylation sites is 1. The molecule has 0 radical (unpaired) electrons. The van der Waals surface area contributed by atoms with E-state index < -0.39 is 17.2 Å². The zero-order chi connectivity index (χ0) is 17.4. The summed E-state index contributed by atoms with van der Waals surface area (Å²) in [5.74, 6) is -0.648. The lowest BCUT2D eigenvalue weighted by molar-refractivity contribution is 0.102. The molecule has 25 heavy (non-hydrogen) atoms. The van der Waals surface area contributed by atoms with Crippen molar-refractivity contribution in [2.24, 2.45) is 0 Å². The molecule has 0 atom stereocenters. The Balaban J connectivity index is 1.87. The number of amides is 1. The summed E-state index contributed by atoms with van der Waals surface area (Å²) in [4.78, 5) is 44.1. The van der Waals surface area contributed by atoms with Gasteiger partial charge in [-0.3, -0.25) is 9.78 Å². The largest absolute Gasteiger partial charge is 0.422 e. The fraction of sp³-hybridized carbons (Fsp3) is 0. The van der Waals surface area contributed by atoms with Crippen molar-refractivity contribution in [2.75, 3.05) is 5.32 Å². The first-order chi connectivity index (χ1) is 12.1. The van der Waals surface area contributed by atoms with E-state index in [-0.39, 0.29) is 22.4 Å². The van der Waals surface area contributed by atoms with Crippen LogP contribution in [0.5, 0.6) is 0 Å². The second-order valence-corrected chi connectivity index (χ2v) is 5.12. The van der Waals surface area contributed by atoms with Gasteiger partial charge in [0.1, 0.15) is 22.4 Å². The zero-order valence-electron chi connectivity index (χ0n) is 12.6. The van der Waals surface area contributed by atoms with Gasteiger partial charge in [0.25, 0.3) is 5.91 Å². The molecule has 8 heteroatoms. The van der Waals surface area contributed by atoms with E-state index in [2.05, 4.69) is 15.3 Å². The van der Waals surface area contributed by atoms with Crippen molar-refractivity contribution in [1.82, 2.24) is 9.97 Å². The molecule has 0 aliphatic carbocycles. The van der Waals surface area contributed by atoms with Gasteiger partial charge in [-0.2, -0.15) is 0 Å². The number of hydrogen-bond acceptors (Lipinski definition) is 7. The van der Waals surface area contributed by atoms with Crippen LogP contribution >= 0.6 is 0 Å². The second-order valence-electron chi connectivity index (χ2n) is 5.12. The third-order valence-corrected chi connectivity index (χ3v) is 3.55. The second kappa shape index (κ2) is 5.68. The maximum Gasteiger partial charge on any atom is 0.360 e. The Morgan fingerprint density at radius 3 is 2.64 bits per heavy atom. The third kappa shape index (κ3) is 2.55. The Bertz CT molecular complexity index is 1230. The molecule has 0 fully saturated rings. The average molecular weight is 335 g/mol. The normalized spacial score (nSPS) is 10.9. The van der Waals surface area contributed by atoms with Gasteiger partial charge in [0.05, 0.1) is 11.6 Å². The SMILES string of the molecule is O=C(Nc1cc2c(=O)oc3ccccc3c2oc1=O)c1cnccn1. The molecule has 3 aromatic heterocycles. The lowest BCUT2D eigenvalue weighted by Crippen LogP contribution is -2.19. The van der Waals surface area contributed by atoms with Gasteiger partial charge in [0.15, 0.2) is 5.58 Å². The fourth-order valence-electron chi connectivity index (χ4n) is 2.41. The maximum atomic E-state index is 12.2. The van der Waals surface area contributed by atoms with Gasteiger partial charge < -0.3 is 14.2 Å². The van der Waals surface area contributed by atoms with Crippen LogP contribution in [-0.2, 0) is 0 Å². The number of hydrogen-bond donors (Lipinski definition) is 1. The van der Waals surface area contributed by atoms with E-state index in [0.29, 0.717) is 11.0 Å². The molecular formula is C17H9N3O5. The van der Waals surface area contributed by atoms with Crippen LogP contribution in [0.2, 0.25) is 0 Å². The van der Waals surface area contributed by atoms with Gasteiger partial charge in [-0.05, 0) is 18.2 Å². The highest BCUT2D eigenvalue weighted by Crippen LogP contribution is 2.22. The van der Waals surface area contributed by atoms with Crippen LogP contribution in [0.15, 0.2) is 67.3 Å². The van der Waals surface area contributed by atoms with Crippen LogP contribution in [0, 0.1) is 0 Å². The molecule has 4 aromatic rings. The van der Waals surface area contributed by atoms with E-state index in [1.165, 1.54) is 24.7 Å². The first-order valence-electron chi connectivity index (χ1n) is 7.20. The summed E-state index contributed by atoms with van der Waals surface area (Å²) in [7, 11) is 0. The van der Waals surface area contributed by atoms with E-state index in [9.17, 15) is 14.4 Å². The molecule has 0 bridgehead atoms. The summed E-state index contributed by atoms with van der Waals surface area (Å²) in [6.07, 6.45) is 4.01. The van der Waals surface area contributed by atoms with Crippen molar-refractivity contribution in [2.45, 2.75) is 0 Å². The number of rotatable bonds is 2. The van der Waals surface area contributed by atoms with Gasteiger partial charge in [0, 0.05) is 12.4 Å². The first kappa shape index (κ1) is 14.8. The molecule has 0 saturated heterocycles. The molecule has 0 aliphatic rings. The number of nitrogens with one attached hydrogen (secondary N) is 1. The smallest absolute Gasteiger partial charge is 0.360 e. The summed E-state index contributed by atoms with van der Waals surface area (Å²) < 4.78 is 10.5. The molecule has 1 amide bonds. The Kier molecular flexibility index (Phi) is 3.35. The Morgan fingerprint density at radius 1 is 1.00 bits per heavy atom. The lowest BCUT2D eigenvalue weighted by Gasteiger charge is -2.05. The number of aromatic nitrogens is 2. The lowest BCUT2D eigenvalue weighted by atomic mass is 10.2. The Morgan fingerprint density at radius 2 is 1.84 bits per heavy atom. The highest BCUT2D eigenvalue weighted by atomic mass is 16.4. The minimum atomic E-state index is -0.791. The molecule has 0 saturated carbocycles. The van der Waals surface area contributed by atoms with Crippen LogP contribution in [0.3, 0.4) is 0 Å². The van der Waals surface area contributed by atoms with E-state index in [1.807, 2.05) is 0 Å². The van der Waals surface area contributed by atoms with Gasteiger partial charge >= 0.3 is 11.3 Å². The van der Waals surface area contributed by atoms with E-state index in [0.717, 1.165) is 0 Å². The molecule has 0 spiro atoms. The van der Waals surface area contributed by atoms with Crippen LogP contribution in [0.1, 0.15) is 10.5 Å². The van der Waals surface area contributed by atoms with Crippen molar-refractivity contribution >= 4 is 33.5 Å². The van der Waals surface area contributed by atoms with E-state index in [4.69, 9.17) is 8.83 Å². The van der Waals surface area contributed by atoms with E-state index in [1.54, 1.807) is 24.3 Å². The van der Waals surface area contributed by atoms with Crippen molar-refractivity contribution in [1.29, 1.82) is 0 Å². The van der Waals surface area contributed by atoms with Crippen molar-refractivity contribution in [3.05, 3.63) is 75.5 Å². The predicted molar refractivity (Wildman–Crippen MR) is 88.5 cm³/mol. The molecule has 4 rings (SSSR count). The highest BCUT2D eigenvalue weighted by Gasteiger charge is 2.16. The summed E-state index contributed by atoms with van der Waals surface area (Å²) >= 11 is 0. The van der Waals surface area contributed by atoms with Crippen LogP contribution in [0.4, 0.5) is 5.69 Å². The van der Waals surface area contributed by atoms with Crippen molar-refractivity contribution in [3.63, 3.8) is 0 Å². The summed E-state index contributed by atoms with van der Waals surface area (Å²) in [6, 6.07) is 7.92. The maximum absolute atomic E-state index is 12.2. The van der Waals surface area contributed by atoms with Crippen molar-refractivity contribution in [3.8, 4) is 0 Å². The molecule has 0 unspecified atom stereocenters. The van der Waals surface area contributed by atoms with Crippen molar-refractivity contribution < 1.29 is 13.6 Å². The Hall–Kier alpha value is -3.81. The van der Waals surface area contributed by atoms with Gasteiger partial charge in [-0.1, -0.05) is 12.1 Å². The molecule has 1 N–H and O–H groups in total. The number of carbonyl (C=O) groups is 1. The fourth-order valence-corrected chi connectivity index (χ4v) is 2.41. The molecule has 1 aromatic carbocycles. The number of fused-ring (bicyclic) bond motifs is 3. The van der Waals surface area contributed by atoms with Crippen LogP contribution in [-0.4, -0.2) is 15.9 Å². The molecule has 122 valence electrons. The van der Waals surface area contributed by atoms with Crippen LogP contribution in [0.25, 0.3) is 21.9 Å². The monoisotopic (exact) mass is 335 g/mol. The number of benzene rings is 1. The van der Waals surface area contributed by atoms with Gasteiger partial charge in [0.2, 0.25) is 0 Å². The molecule has 0 aliphatic heterocycles. The number of nitrogens with zero attached hydrogens (tertiary/aromatic N) is 2. The highest BCUT2D eigenvalue weighted by molar-refractivity contribution is 6.05. The topological polar surface area (TPSA) is 115 Å². The minimum absolute atomic E-state index is 0.0209. The number of anilines is 1. The third-order valence-electron chi connectivity index (χ3n) is 3.55. The first-order valence-corrected chi connectivity index (χ1v) is 7.20. The van der Waals surface area contributed by atoms with Crippen LogP contribution < -0.4 is 16.6 Å². The summed E-state index contributed by atoms with van der Waals surface area (Å²) in [5.41, 5.74) is -1.22. The van der Waals surface area contributed by atoms with Gasteiger partial charge in [-0.15, -0.1) is 0 Å². The zero-order valence-corrected chi connectivity index (χ0v) is 12.6. The summed E-state index contributed by atoms with van der Waals surface area (Å²) in [6.45, 7) is 0. The van der Waals surface area contributed by atoms with Gasteiger partial charge in [-0.25, -0.2) is 14.6 Å². The Labute approximate surface area is 138 Å².